The number of anilines is 1. The number of pyridine rings is 1. The molecule has 3 heterocycles. The molecule has 6 heteroatoms. The highest BCUT2D eigenvalue weighted by Crippen LogP contribution is 2.22. The molecule has 0 spiro atoms. The van der Waals surface area contributed by atoms with Gasteiger partial charge in [0.15, 0.2) is 5.65 Å². The molecule has 4 nitrogen and oxygen atoms in total. The van der Waals surface area contributed by atoms with Crippen LogP contribution in [0.1, 0.15) is 10.7 Å². The highest BCUT2D eigenvalue weighted by Gasteiger charge is 2.10. The zero-order valence-electron chi connectivity index (χ0n) is 8.80. The molecule has 0 unspecified atom stereocenters. The van der Waals surface area contributed by atoms with E-state index in [0.717, 1.165) is 22.4 Å². The van der Waals surface area contributed by atoms with Gasteiger partial charge in [0.05, 0.1) is 4.47 Å². The summed E-state index contributed by atoms with van der Waals surface area (Å²) in [4.78, 5) is 1.26. The zero-order chi connectivity index (χ0) is 11.8. The molecule has 0 fully saturated rings. The Hall–Kier alpha value is -1.40. The summed E-state index contributed by atoms with van der Waals surface area (Å²) in [7, 11) is 0. The standard InChI is InChI=1S/C11H9BrN4S/c12-9-4-7(13)6-16-10(14-15-11(9)16)5-8-2-1-3-17-8/h1-4,6H,5,13H2. The fourth-order valence-corrected chi connectivity index (χ4v) is 2.95. The van der Waals surface area contributed by atoms with E-state index in [2.05, 4.69) is 37.6 Å². The molecule has 0 radical (unpaired) electrons. The predicted molar refractivity (Wildman–Crippen MR) is 72.2 cm³/mol. The minimum absolute atomic E-state index is 0.691. The van der Waals surface area contributed by atoms with Crippen molar-refractivity contribution in [3.63, 3.8) is 0 Å². The van der Waals surface area contributed by atoms with Crippen LogP contribution in [0.15, 0.2) is 34.2 Å². The molecule has 2 N–H and O–H groups in total. The highest BCUT2D eigenvalue weighted by molar-refractivity contribution is 9.10. The summed E-state index contributed by atoms with van der Waals surface area (Å²) in [6, 6.07) is 5.96. The van der Waals surface area contributed by atoms with Gasteiger partial charge >= 0.3 is 0 Å². The number of nitrogen functional groups attached to an aromatic ring is 1. The second-order valence-electron chi connectivity index (χ2n) is 3.69. The second-order valence-corrected chi connectivity index (χ2v) is 5.57. The Labute approximate surface area is 110 Å². The lowest BCUT2D eigenvalue weighted by Gasteiger charge is -2.01. The lowest BCUT2D eigenvalue weighted by Crippen LogP contribution is -1.97. The Bertz CT molecular complexity index is 659. The largest absolute Gasteiger partial charge is 0.397 e. The van der Waals surface area contributed by atoms with Crippen LogP contribution in [-0.2, 0) is 6.42 Å². The van der Waals surface area contributed by atoms with E-state index in [4.69, 9.17) is 5.73 Å². The Kier molecular flexibility index (Phi) is 2.60. The molecule has 3 aromatic heterocycles. The van der Waals surface area contributed by atoms with Crippen molar-refractivity contribution >= 4 is 38.6 Å². The summed E-state index contributed by atoms with van der Waals surface area (Å²) in [5.41, 5.74) is 7.31. The van der Waals surface area contributed by atoms with Gasteiger partial charge in [-0.25, -0.2) is 0 Å². The van der Waals surface area contributed by atoms with Crippen LogP contribution in [0.5, 0.6) is 0 Å². The molecule has 0 aliphatic heterocycles. The maximum atomic E-state index is 5.82. The number of nitrogens with two attached hydrogens (primary N) is 1. The van der Waals surface area contributed by atoms with Gasteiger partial charge in [0.25, 0.3) is 0 Å². The molecule has 0 aliphatic carbocycles. The fraction of sp³-hybridized carbons (Fsp3) is 0.0909. The minimum Gasteiger partial charge on any atom is -0.397 e. The van der Waals surface area contributed by atoms with E-state index in [9.17, 15) is 0 Å². The van der Waals surface area contributed by atoms with E-state index in [0.29, 0.717) is 5.69 Å². The van der Waals surface area contributed by atoms with Crippen LogP contribution in [0, 0.1) is 0 Å². The van der Waals surface area contributed by atoms with E-state index in [1.165, 1.54) is 4.88 Å². The third-order valence-corrected chi connectivity index (χ3v) is 3.92. The van der Waals surface area contributed by atoms with Gasteiger partial charge in [-0.2, -0.15) is 0 Å². The van der Waals surface area contributed by atoms with Gasteiger partial charge in [0.1, 0.15) is 5.82 Å². The Morgan fingerprint density at radius 2 is 2.29 bits per heavy atom. The summed E-state index contributed by atoms with van der Waals surface area (Å²) in [6.07, 6.45) is 2.62. The summed E-state index contributed by atoms with van der Waals surface area (Å²) in [5, 5.41) is 10.4. The molecule has 0 atom stereocenters. The fourth-order valence-electron chi connectivity index (χ4n) is 1.71. The normalized spacial score (nSPS) is 11.1. The van der Waals surface area contributed by atoms with E-state index in [1.54, 1.807) is 11.3 Å². The van der Waals surface area contributed by atoms with Crippen LogP contribution in [0.25, 0.3) is 5.65 Å². The lowest BCUT2D eigenvalue weighted by molar-refractivity contribution is 0.945. The monoisotopic (exact) mass is 308 g/mol. The predicted octanol–water partition coefficient (Wildman–Crippen LogP) is 2.73. The van der Waals surface area contributed by atoms with Crippen LogP contribution in [0.2, 0.25) is 0 Å². The maximum Gasteiger partial charge on any atom is 0.175 e. The highest BCUT2D eigenvalue weighted by atomic mass is 79.9. The molecule has 86 valence electrons. The summed E-state index contributed by atoms with van der Waals surface area (Å²) in [5.74, 6) is 0.899. The zero-order valence-corrected chi connectivity index (χ0v) is 11.2. The molecule has 3 aromatic rings. The summed E-state index contributed by atoms with van der Waals surface area (Å²) < 4.78 is 2.79. The van der Waals surface area contributed by atoms with Crippen molar-refractivity contribution in [3.8, 4) is 0 Å². The smallest absolute Gasteiger partial charge is 0.175 e. The van der Waals surface area contributed by atoms with Gasteiger partial charge in [0.2, 0.25) is 0 Å². The van der Waals surface area contributed by atoms with E-state index >= 15 is 0 Å². The van der Waals surface area contributed by atoms with Gasteiger partial charge in [-0.15, -0.1) is 21.5 Å². The van der Waals surface area contributed by atoms with E-state index in [1.807, 2.05) is 22.7 Å². The molecule has 0 bridgehead atoms. The molecule has 3 rings (SSSR count). The van der Waals surface area contributed by atoms with E-state index in [-0.39, 0.29) is 0 Å². The SMILES string of the molecule is Nc1cc(Br)c2nnc(Cc3cccs3)n2c1. The second kappa shape index (κ2) is 4.12. The van der Waals surface area contributed by atoms with Crippen LogP contribution < -0.4 is 5.73 Å². The van der Waals surface area contributed by atoms with Crippen LogP contribution >= 0.6 is 27.3 Å². The number of hydrogen-bond acceptors (Lipinski definition) is 4. The average Bonchev–Trinajstić information content (AvgIpc) is 2.89. The summed E-state index contributed by atoms with van der Waals surface area (Å²) >= 11 is 5.15. The van der Waals surface area contributed by atoms with Gasteiger partial charge in [-0.1, -0.05) is 6.07 Å². The number of halogens is 1. The topological polar surface area (TPSA) is 56.2 Å². The molecule has 0 amide bonds. The lowest BCUT2D eigenvalue weighted by atomic mass is 10.3. The quantitative estimate of drug-likeness (QED) is 0.792. The molecule has 0 aromatic carbocycles. The third kappa shape index (κ3) is 1.94. The number of nitrogens with zero attached hydrogens (tertiary/aromatic N) is 3. The first-order chi connectivity index (χ1) is 8.24. The maximum absolute atomic E-state index is 5.82. The Morgan fingerprint density at radius 3 is 3.06 bits per heavy atom. The molecule has 0 saturated carbocycles. The van der Waals surface area contributed by atoms with Crippen LogP contribution in [0.3, 0.4) is 0 Å². The van der Waals surface area contributed by atoms with Crippen molar-refractivity contribution < 1.29 is 0 Å². The number of hydrogen-bond donors (Lipinski definition) is 1. The number of thiophene rings is 1. The van der Waals surface area contributed by atoms with Gasteiger partial charge in [0, 0.05) is 23.2 Å². The molecular formula is C11H9BrN4S. The number of aromatic nitrogens is 3. The first kappa shape index (κ1) is 10.7. The van der Waals surface area contributed by atoms with Gasteiger partial charge in [-0.3, -0.25) is 4.40 Å². The van der Waals surface area contributed by atoms with Crippen molar-refractivity contribution in [2.24, 2.45) is 0 Å². The van der Waals surface area contributed by atoms with Gasteiger partial charge < -0.3 is 5.73 Å². The first-order valence-corrected chi connectivity index (χ1v) is 6.72. The van der Waals surface area contributed by atoms with Crippen LogP contribution in [0.4, 0.5) is 5.69 Å². The Balaban J connectivity index is 2.11. The van der Waals surface area contributed by atoms with Crippen molar-refractivity contribution in [3.05, 3.63) is 45.0 Å². The summed E-state index contributed by atoms with van der Waals surface area (Å²) in [6.45, 7) is 0. The average molecular weight is 309 g/mol. The molecule has 0 saturated heterocycles. The van der Waals surface area contributed by atoms with Gasteiger partial charge in [-0.05, 0) is 33.4 Å². The van der Waals surface area contributed by atoms with Crippen molar-refractivity contribution in [2.75, 3.05) is 5.73 Å². The van der Waals surface area contributed by atoms with Crippen molar-refractivity contribution in [1.29, 1.82) is 0 Å². The van der Waals surface area contributed by atoms with Crippen molar-refractivity contribution in [2.45, 2.75) is 6.42 Å². The van der Waals surface area contributed by atoms with Crippen molar-refractivity contribution in [1.82, 2.24) is 14.6 Å². The number of fused-ring (bicyclic) bond motifs is 1. The van der Waals surface area contributed by atoms with Crippen LogP contribution in [-0.4, -0.2) is 14.6 Å². The molecular weight excluding hydrogens is 300 g/mol. The third-order valence-electron chi connectivity index (χ3n) is 2.46. The molecule has 17 heavy (non-hydrogen) atoms. The first-order valence-electron chi connectivity index (χ1n) is 5.05. The Morgan fingerprint density at radius 1 is 1.41 bits per heavy atom. The minimum atomic E-state index is 0.691. The van der Waals surface area contributed by atoms with E-state index < -0.39 is 0 Å². The number of rotatable bonds is 2. The molecule has 0 aliphatic rings.